The highest BCUT2D eigenvalue weighted by atomic mass is 16.6. The molecule has 1 atom stereocenters. The van der Waals surface area contributed by atoms with Crippen LogP contribution in [-0.2, 0) is 15.0 Å². The lowest BCUT2D eigenvalue weighted by Crippen LogP contribution is -2.55. The fraction of sp³-hybridized carbons (Fsp3) is 0.692. The van der Waals surface area contributed by atoms with Crippen molar-refractivity contribution < 1.29 is 19.1 Å². The molecule has 1 aromatic carbocycles. The Morgan fingerprint density at radius 1 is 1.06 bits per heavy atom. The molecule has 8 heteroatoms. The van der Waals surface area contributed by atoms with Gasteiger partial charge < -0.3 is 20.1 Å². The van der Waals surface area contributed by atoms with E-state index in [1.54, 1.807) is 0 Å². The highest BCUT2D eigenvalue weighted by Gasteiger charge is 2.37. The summed E-state index contributed by atoms with van der Waals surface area (Å²) in [5, 5.41) is 6.34. The molecule has 2 N–H and O–H groups in total. The minimum absolute atomic E-state index is 0.0332. The molecule has 0 aromatic heterocycles. The second kappa shape index (κ2) is 10.1. The number of piperazine rings is 1. The molecule has 2 amide bonds. The van der Waals surface area contributed by atoms with Crippen molar-refractivity contribution in [2.75, 3.05) is 52.5 Å². The number of benzene rings is 1. The summed E-state index contributed by atoms with van der Waals surface area (Å²) in [6.45, 7) is 7.47. The Bertz CT molecular complexity index is 889. The second-order valence-electron chi connectivity index (χ2n) is 10.4. The molecule has 186 valence electrons. The normalized spacial score (nSPS) is 23.3. The number of amides is 2. The van der Waals surface area contributed by atoms with Gasteiger partial charge in [0.05, 0.1) is 12.6 Å². The molecular weight excluding hydrogens is 432 g/mol. The summed E-state index contributed by atoms with van der Waals surface area (Å²) >= 11 is 0. The van der Waals surface area contributed by atoms with Crippen LogP contribution < -0.4 is 20.1 Å². The number of nitrogens with zero attached hydrogens (tertiary/aromatic N) is 2. The van der Waals surface area contributed by atoms with Gasteiger partial charge in [0, 0.05) is 44.2 Å². The monoisotopic (exact) mass is 470 g/mol. The molecular formula is C26H38N4O4. The summed E-state index contributed by atoms with van der Waals surface area (Å²) in [6.07, 6.45) is 6.73. The Kier molecular flexibility index (Phi) is 6.97. The minimum Gasteiger partial charge on any atom is -0.486 e. The van der Waals surface area contributed by atoms with E-state index in [9.17, 15) is 9.59 Å². The van der Waals surface area contributed by atoms with E-state index in [1.165, 1.54) is 18.4 Å². The molecule has 0 spiro atoms. The van der Waals surface area contributed by atoms with E-state index in [2.05, 4.69) is 32.6 Å². The summed E-state index contributed by atoms with van der Waals surface area (Å²) in [5.74, 6) is 1.84. The number of ether oxygens (including phenoxy) is 2. The van der Waals surface area contributed by atoms with Gasteiger partial charge in [0.2, 0.25) is 11.8 Å². The number of carbonyl (C=O) groups is 2. The molecule has 0 unspecified atom stereocenters. The van der Waals surface area contributed by atoms with Crippen LogP contribution in [-0.4, -0.2) is 86.2 Å². The van der Waals surface area contributed by atoms with E-state index in [4.69, 9.17) is 9.47 Å². The topological polar surface area (TPSA) is 83.1 Å². The zero-order valence-electron chi connectivity index (χ0n) is 20.3. The van der Waals surface area contributed by atoms with Gasteiger partial charge in [-0.15, -0.1) is 0 Å². The Morgan fingerprint density at radius 3 is 2.47 bits per heavy atom. The summed E-state index contributed by atoms with van der Waals surface area (Å²) in [4.78, 5) is 29.6. The van der Waals surface area contributed by atoms with Gasteiger partial charge in [-0.1, -0.05) is 18.9 Å². The molecule has 0 bridgehead atoms. The van der Waals surface area contributed by atoms with Crippen LogP contribution in [0.4, 0.5) is 0 Å². The third kappa shape index (κ3) is 5.33. The van der Waals surface area contributed by atoms with Crippen molar-refractivity contribution in [2.24, 2.45) is 0 Å². The standard InChI is InChI=1S/C26H38N4O4/c1-19(25(32)28-21-5-6-21)30-12-10-29(11-13-30)17-24(31)27-18-26(8-2-3-9-26)20-4-7-22-23(16-20)34-15-14-33-22/h4,7,16,19,21H,2-3,5-6,8-15,17-18H2,1H3,(H,27,31)(H,28,32)/t19-/m0/s1. The number of fused-ring (bicyclic) bond motifs is 1. The van der Waals surface area contributed by atoms with Crippen molar-refractivity contribution in [3.63, 3.8) is 0 Å². The summed E-state index contributed by atoms with van der Waals surface area (Å²) < 4.78 is 11.5. The van der Waals surface area contributed by atoms with Crippen molar-refractivity contribution in [3.8, 4) is 11.5 Å². The molecule has 4 aliphatic rings. The molecule has 8 nitrogen and oxygen atoms in total. The Labute approximate surface area is 202 Å². The van der Waals surface area contributed by atoms with Gasteiger partial charge in [-0.25, -0.2) is 0 Å². The zero-order chi connectivity index (χ0) is 23.5. The second-order valence-corrected chi connectivity index (χ2v) is 10.4. The van der Waals surface area contributed by atoms with Crippen LogP contribution >= 0.6 is 0 Å². The number of nitrogens with one attached hydrogen (secondary N) is 2. The number of rotatable bonds is 8. The molecule has 2 aliphatic heterocycles. The molecule has 5 rings (SSSR count). The van der Waals surface area contributed by atoms with Gasteiger partial charge in [0.1, 0.15) is 13.2 Å². The minimum atomic E-state index is -0.107. The van der Waals surface area contributed by atoms with E-state index in [0.717, 1.165) is 63.4 Å². The molecule has 34 heavy (non-hydrogen) atoms. The highest BCUT2D eigenvalue weighted by molar-refractivity contribution is 5.82. The first-order valence-electron chi connectivity index (χ1n) is 13.0. The van der Waals surface area contributed by atoms with Crippen molar-refractivity contribution >= 4 is 11.8 Å². The third-order valence-electron chi connectivity index (χ3n) is 7.96. The molecule has 1 saturated heterocycles. The summed E-state index contributed by atoms with van der Waals surface area (Å²) in [7, 11) is 0. The zero-order valence-corrected chi connectivity index (χ0v) is 20.3. The van der Waals surface area contributed by atoms with Gasteiger partial charge in [0.15, 0.2) is 11.5 Å². The van der Waals surface area contributed by atoms with Crippen LogP contribution in [0, 0.1) is 0 Å². The smallest absolute Gasteiger partial charge is 0.237 e. The van der Waals surface area contributed by atoms with Gasteiger partial charge >= 0.3 is 0 Å². The van der Waals surface area contributed by atoms with Crippen molar-refractivity contribution in [3.05, 3.63) is 23.8 Å². The van der Waals surface area contributed by atoms with Crippen molar-refractivity contribution in [1.29, 1.82) is 0 Å². The average Bonchev–Trinajstić information content (AvgIpc) is 3.55. The van der Waals surface area contributed by atoms with Crippen LogP contribution in [0.25, 0.3) is 0 Å². The first-order valence-corrected chi connectivity index (χ1v) is 13.0. The van der Waals surface area contributed by atoms with E-state index in [1.807, 2.05) is 13.0 Å². The first-order chi connectivity index (χ1) is 16.5. The lowest BCUT2D eigenvalue weighted by Gasteiger charge is -2.37. The quantitative estimate of drug-likeness (QED) is 0.602. The molecule has 3 fully saturated rings. The number of hydrogen-bond acceptors (Lipinski definition) is 6. The van der Waals surface area contributed by atoms with E-state index < -0.39 is 0 Å². The fourth-order valence-corrected chi connectivity index (χ4v) is 5.54. The Morgan fingerprint density at radius 2 is 1.76 bits per heavy atom. The van der Waals surface area contributed by atoms with Gasteiger partial charge in [-0.2, -0.15) is 0 Å². The number of carbonyl (C=O) groups excluding carboxylic acids is 2. The average molecular weight is 471 g/mol. The SMILES string of the molecule is C[C@@H](C(=O)NC1CC1)N1CCN(CC(=O)NCC2(c3ccc4c(c3)OCCO4)CCCC2)CC1. The fourth-order valence-electron chi connectivity index (χ4n) is 5.54. The Hall–Kier alpha value is -2.32. The van der Waals surface area contributed by atoms with E-state index in [-0.39, 0.29) is 23.3 Å². The van der Waals surface area contributed by atoms with E-state index in [0.29, 0.717) is 32.3 Å². The highest BCUT2D eigenvalue weighted by Crippen LogP contribution is 2.43. The molecule has 0 radical (unpaired) electrons. The predicted octanol–water partition coefficient (Wildman–Crippen LogP) is 1.67. The molecule has 2 aliphatic carbocycles. The summed E-state index contributed by atoms with van der Waals surface area (Å²) in [5.41, 5.74) is 1.20. The lowest BCUT2D eigenvalue weighted by molar-refractivity contribution is -0.128. The number of hydrogen-bond donors (Lipinski definition) is 2. The Balaban J connectivity index is 1.11. The van der Waals surface area contributed by atoms with Crippen LogP contribution in [0.2, 0.25) is 0 Å². The van der Waals surface area contributed by atoms with Gasteiger partial charge in [-0.3, -0.25) is 19.4 Å². The predicted molar refractivity (Wildman–Crippen MR) is 129 cm³/mol. The first kappa shape index (κ1) is 23.4. The summed E-state index contributed by atoms with van der Waals surface area (Å²) in [6, 6.07) is 6.56. The van der Waals surface area contributed by atoms with Crippen LogP contribution in [0.3, 0.4) is 0 Å². The molecule has 2 saturated carbocycles. The van der Waals surface area contributed by atoms with Crippen LogP contribution in [0.5, 0.6) is 11.5 Å². The third-order valence-corrected chi connectivity index (χ3v) is 7.96. The van der Waals surface area contributed by atoms with E-state index >= 15 is 0 Å². The van der Waals surface area contributed by atoms with Crippen LogP contribution in [0.15, 0.2) is 18.2 Å². The maximum absolute atomic E-state index is 12.9. The van der Waals surface area contributed by atoms with Crippen molar-refractivity contribution in [1.82, 2.24) is 20.4 Å². The van der Waals surface area contributed by atoms with Crippen LogP contribution in [0.1, 0.15) is 51.0 Å². The van der Waals surface area contributed by atoms with Gasteiger partial charge in [0.25, 0.3) is 0 Å². The largest absolute Gasteiger partial charge is 0.486 e. The van der Waals surface area contributed by atoms with Crippen molar-refractivity contribution in [2.45, 2.75) is 62.9 Å². The van der Waals surface area contributed by atoms with Gasteiger partial charge in [-0.05, 0) is 50.3 Å². The molecule has 2 heterocycles. The molecule has 1 aromatic rings. The lowest BCUT2D eigenvalue weighted by atomic mass is 9.78. The maximum atomic E-state index is 12.9. The maximum Gasteiger partial charge on any atom is 0.237 e.